The SMILES string of the molecule is C=C[C@@H]1C[C@]1(CC(=O)[C@@H]1CN(c2cc(-c3ccccc3)nc(C)n2)CN1C(=O)[C@@H](CC(=O)OC1CCCC1)C(C)(C)C)C(=O)NCC1CC1. The zero-order valence-corrected chi connectivity index (χ0v) is 29.5. The van der Waals surface area contributed by atoms with Gasteiger partial charge >= 0.3 is 5.97 Å². The summed E-state index contributed by atoms with van der Waals surface area (Å²) >= 11 is 0. The lowest BCUT2D eigenvalue weighted by molar-refractivity contribution is -0.156. The standard InChI is InChI=1S/C39H51N5O5/c1-6-28-20-39(28,37(48)40-22-26-16-17-26)21-33(45)32-23-43(34-19-31(41-25(2)42-34)27-12-8-7-9-13-27)24-44(32)36(47)30(38(3,4)5)18-35(46)49-29-14-10-11-15-29/h6-9,12-13,19,26,28-30,32H,1,10-11,14-18,20-24H2,2-5H3,(H,40,48)/t28-,30-,32+,39-/m1/s1. The Labute approximate surface area is 290 Å². The second kappa shape index (κ2) is 14.0. The summed E-state index contributed by atoms with van der Waals surface area (Å²) in [6.07, 6.45) is 8.19. The van der Waals surface area contributed by atoms with Crippen molar-refractivity contribution in [3.8, 4) is 11.3 Å². The zero-order valence-electron chi connectivity index (χ0n) is 29.5. The minimum absolute atomic E-state index is 0.0183. The predicted molar refractivity (Wildman–Crippen MR) is 187 cm³/mol. The highest BCUT2D eigenvalue weighted by molar-refractivity contribution is 5.97. The summed E-state index contributed by atoms with van der Waals surface area (Å²) in [4.78, 5) is 68.7. The molecule has 2 aromatic rings. The quantitative estimate of drug-likeness (QED) is 0.215. The van der Waals surface area contributed by atoms with Gasteiger partial charge in [0, 0.05) is 31.1 Å². The number of aromatic nitrogens is 2. The Kier molecular flexibility index (Phi) is 9.96. The minimum atomic E-state index is -0.851. The summed E-state index contributed by atoms with van der Waals surface area (Å²) in [5, 5.41) is 3.10. The van der Waals surface area contributed by atoms with Gasteiger partial charge in [-0.2, -0.15) is 0 Å². The molecule has 3 aliphatic carbocycles. The van der Waals surface area contributed by atoms with Crippen molar-refractivity contribution in [1.29, 1.82) is 0 Å². The number of carbonyl (C=O) groups is 4. The van der Waals surface area contributed by atoms with E-state index in [0.29, 0.717) is 30.5 Å². The zero-order chi connectivity index (χ0) is 34.9. The van der Waals surface area contributed by atoms with Gasteiger partial charge in [0.1, 0.15) is 23.8 Å². The van der Waals surface area contributed by atoms with Gasteiger partial charge in [0.2, 0.25) is 11.8 Å². The number of hydrogen-bond acceptors (Lipinski definition) is 8. The summed E-state index contributed by atoms with van der Waals surface area (Å²) in [7, 11) is 0. The van der Waals surface area contributed by atoms with Crippen molar-refractivity contribution in [3.05, 3.63) is 54.9 Å². The lowest BCUT2D eigenvalue weighted by Gasteiger charge is -2.34. The van der Waals surface area contributed by atoms with Gasteiger partial charge in [-0.1, -0.05) is 57.2 Å². The van der Waals surface area contributed by atoms with Gasteiger partial charge in [0.15, 0.2) is 5.78 Å². The largest absolute Gasteiger partial charge is 0.462 e. The first-order valence-corrected chi connectivity index (χ1v) is 18.0. The van der Waals surface area contributed by atoms with Crippen LogP contribution < -0.4 is 10.2 Å². The Morgan fingerprint density at radius 3 is 2.43 bits per heavy atom. The number of nitrogens with zero attached hydrogens (tertiary/aromatic N) is 4. The minimum Gasteiger partial charge on any atom is -0.462 e. The predicted octanol–water partition coefficient (Wildman–Crippen LogP) is 5.64. The number of allylic oxidation sites excluding steroid dienone is 1. The van der Waals surface area contributed by atoms with Crippen LogP contribution in [0.3, 0.4) is 0 Å². The molecule has 6 rings (SSSR count). The van der Waals surface area contributed by atoms with Crippen LogP contribution in [-0.4, -0.2) is 70.3 Å². The fourth-order valence-corrected chi connectivity index (χ4v) is 7.50. The molecule has 3 saturated carbocycles. The lowest BCUT2D eigenvalue weighted by atomic mass is 9.77. The molecule has 10 heteroatoms. The van der Waals surface area contributed by atoms with E-state index < -0.39 is 22.8 Å². The van der Waals surface area contributed by atoms with Crippen molar-refractivity contribution in [2.24, 2.45) is 28.6 Å². The Morgan fingerprint density at radius 1 is 1.08 bits per heavy atom. The number of benzene rings is 1. The van der Waals surface area contributed by atoms with E-state index in [2.05, 4.69) is 16.9 Å². The van der Waals surface area contributed by atoms with Crippen LogP contribution in [0.2, 0.25) is 0 Å². The molecule has 49 heavy (non-hydrogen) atoms. The van der Waals surface area contributed by atoms with E-state index in [1.165, 1.54) is 0 Å². The number of anilines is 1. The van der Waals surface area contributed by atoms with Crippen molar-refractivity contribution in [1.82, 2.24) is 20.2 Å². The van der Waals surface area contributed by atoms with Crippen LogP contribution in [-0.2, 0) is 23.9 Å². The van der Waals surface area contributed by atoms with Gasteiger partial charge in [0.05, 0.1) is 30.1 Å². The lowest BCUT2D eigenvalue weighted by Crippen LogP contribution is -2.49. The normalized spacial score (nSPS) is 24.4. The number of Topliss-reactive ketones (excluding diaryl/α,β-unsaturated/α-hetero) is 1. The van der Waals surface area contributed by atoms with Gasteiger partial charge in [-0.3, -0.25) is 19.2 Å². The van der Waals surface area contributed by atoms with Gasteiger partial charge in [-0.25, -0.2) is 9.97 Å². The monoisotopic (exact) mass is 669 g/mol. The van der Waals surface area contributed by atoms with E-state index in [0.717, 1.165) is 49.8 Å². The molecule has 262 valence electrons. The summed E-state index contributed by atoms with van der Waals surface area (Å²) in [5.74, 6) is -0.0250. The molecule has 10 nitrogen and oxygen atoms in total. The van der Waals surface area contributed by atoms with Crippen LogP contribution in [0.15, 0.2) is 49.1 Å². The van der Waals surface area contributed by atoms with Crippen LogP contribution in [0.4, 0.5) is 5.82 Å². The molecular weight excluding hydrogens is 618 g/mol. The van der Waals surface area contributed by atoms with Crippen molar-refractivity contribution < 1.29 is 23.9 Å². The van der Waals surface area contributed by atoms with Gasteiger partial charge in [-0.05, 0) is 69.1 Å². The number of rotatable bonds is 13. The number of amides is 2. The molecule has 1 aliphatic heterocycles. The Hall–Kier alpha value is -4.08. The van der Waals surface area contributed by atoms with E-state index in [1.54, 1.807) is 11.0 Å². The fraction of sp³-hybridized carbons (Fsp3) is 0.590. The van der Waals surface area contributed by atoms with Crippen LogP contribution in [0, 0.1) is 35.5 Å². The van der Waals surface area contributed by atoms with Crippen LogP contribution >= 0.6 is 0 Å². The maximum absolute atomic E-state index is 14.6. The second-order valence-electron chi connectivity index (χ2n) is 15.7. The molecule has 0 bridgehead atoms. The average Bonchev–Trinajstić information content (AvgIpc) is 3.91. The number of ether oxygens (including phenoxy) is 1. The highest BCUT2D eigenvalue weighted by atomic mass is 16.5. The highest BCUT2D eigenvalue weighted by Gasteiger charge is 2.60. The molecule has 1 aromatic heterocycles. The molecule has 2 heterocycles. The van der Waals surface area contributed by atoms with E-state index in [-0.39, 0.29) is 61.6 Å². The summed E-state index contributed by atoms with van der Waals surface area (Å²) in [6.45, 7) is 12.6. The van der Waals surface area contributed by atoms with E-state index in [1.807, 2.05) is 69.0 Å². The number of nitrogens with one attached hydrogen (secondary N) is 1. The van der Waals surface area contributed by atoms with Crippen molar-refractivity contribution >= 4 is 29.4 Å². The van der Waals surface area contributed by atoms with E-state index in [4.69, 9.17) is 9.72 Å². The Bertz CT molecular complexity index is 1580. The number of hydrogen-bond donors (Lipinski definition) is 1. The highest BCUT2D eigenvalue weighted by Crippen LogP contribution is 2.56. The van der Waals surface area contributed by atoms with Crippen LogP contribution in [0.1, 0.15) is 84.4 Å². The molecule has 4 aliphatic rings. The first kappa shape index (κ1) is 34.8. The van der Waals surface area contributed by atoms with Gasteiger partial charge in [0.25, 0.3) is 0 Å². The third-order valence-corrected chi connectivity index (χ3v) is 10.9. The van der Waals surface area contributed by atoms with Crippen LogP contribution in [0.25, 0.3) is 11.3 Å². The molecule has 0 unspecified atom stereocenters. The number of carbonyl (C=O) groups excluding carboxylic acids is 4. The number of aryl methyl sites for hydroxylation is 1. The third-order valence-electron chi connectivity index (χ3n) is 10.9. The molecule has 0 spiro atoms. The average molecular weight is 670 g/mol. The first-order chi connectivity index (χ1) is 23.4. The summed E-state index contributed by atoms with van der Waals surface area (Å²) in [5.41, 5.74) is 0.255. The number of esters is 1. The maximum Gasteiger partial charge on any atom is 0.306 e. The molecule has 4 atom stereocenters. The van der Waals surface area contributed by atoms with Crippen molar-refractivity contribution in [2.45, 2.75) is 97.6 Å². The van der Waals surface area contributed by atoms with Crippen molar-refractivity contribution in [3.63, 3.8) is 0 Å². The maximum atomic E-state index is 14.6. The van der Waals surface area contributed by atoms with Gasteiger partial charge in [-0.15, -0.1) is 6.58 Å². The first-order valence-electron chi connectivity index (χ1n) is 18.0. The van der Waals surface area contributed by atoms with Crippen LogP contribution in [0.5, 0.6) is 0 Å². The Balaban J connectivity index is 1.28. The molecular formula is C39H51N5O5. The smallest absolute Gasteiger partial charge is 0.306 e. The summed E-state index contributed by atoms with van der Waals surface area (Å²) in [6, 6.07) is 10.9. The molecule has 1 N–H and O–H groups in total. The second-order valence-corrected chi connectivity index (χ2v) is 15.7. The molecule has 1 aromatic carbocycles. The molecule has 1 saturated heterocycles. The summed E-state index contributed by atoms with van der Waals surface area (Å²) < 4.78 is 5.79. The topological polar surface area (TPSA) is 122 Å². The van der Waals surface area contributed by atoms with Crippen molar-refractivity contribution in [2.75, 3.05) is 24.7 Å². The fourth-order valence-electron chi connectivity index (χ4n) is 7.50. The number of ketones is 1. The van der Waals surface area contributed by atoms with Gasteiger partial charge < -0.3 is 19.9 Å². The Morgan fingerprint density at radius 2 is 1.80 bits per heavy atom. The van der Waals surface area contributed by atoms with E-state index >= 15 is 0 Å². The molecule has 0 radical (unpaired) electrons. The molecule has 4 fully saturated rings. The molecule has 2 amide bonds. The third kappa shape index (κ3) is 7.89. The van der Waals surface area contributed by atoms with E-state index in [9.17, 15) is 19.2 Å².